The van der Waals surface area contributed by atoms with E-state index in [0.717, 1.165) is 25.2 Å². The molecule has 0 spiro atoms. The van der Waals surface area contributed by atoms with Crippen molar-refractivity contribution in [1.82, 2.24) is 9.80 Å². The summed E-state index contributed by atoms with van der Waals surface area (Å²) in [5.74, 6) is -0.287. The SMILES string of the molecule is CN1C[C@H]2CN(Cc3ccc(F)c(F)c3)C[C@H]2[C@@H]1c1ccccc1. The topological polar surface area (TPSA) is 6.48 Å². The van der Waals surface area contributed by atoms with Crippen molar-refractivity contribution in [1.29, 1.82) is 0 Å². The molecule has 0 aliphatic carbocycles. The monoisotopic (exact) mass is 328 g/mol. The van der Waals surface area contributed by atoms with E-state index >= 15 is 0 Å². The van der Waals surface area contributed by atoms with E-state index in [1.54, 1.807) is 6.07 Å². The second kappa shape index (κ2) is 6.26. The van der Waals surface area contributed by atoms with Crippen molar-refractivity contribution < 1.29 is 8.78 Å². The molecule has 2 aromatic carbocycles. The van der Waals surface area contributed by atoms with E-state index in [0.29, 0.717) is 24.4 Å². The highest BCUT2D eigenvalue weighted by molar-refractivity contribution is 5.23. The van der Waals surface area contributed by atoms with E-state index in [1.807, 2.05) is 0 Å². The van der Waals surface area contributed by atoms with Gasteiger partial charge in [-0.25, -0.2) is 8.78 Å². The number of benzene rings is 2. The molecular formula is C20H22F2N2. The average Bonchev–Trinajstić information content (AvgIpc) is 3.07. The molecule has 2 heterocycles. The van der Waals surface area contributed by atoms with Crippen LogP contribution in [0.3, 0.4) is 0 Å². The van der Waals surface area contributed by atoms with Gasteiger partial charge in [0.05, 0.1) is 0 Å². The van der Waals surface area contributed by atoms with Gasteiger partial charge in [0.2, 0.25) is 0 Å². The summed E-state index contributed by atoms with van der Waals surface area (Å²) in [6, 6.07) is 15.4. The van der Waals surface area contributed by atoms with Crippen molar-refractivity contribution in [2.24, 2.45) is 11.8 Å². The molecule has 0 unspecified atom stereocenters. The van der Waals surface area contributed by atoms with Crippen LogP contribution in [0.15, 0.2) is 48.5 Å². The van der Waals surface area contributed by atoms with Gasteiger partial charge in [0, 0.05) is 32.2 Å². The highest BCUT2D eigenvalue weighted by atomic mass is 19.2. The molecular weight excluding hydrogens is 306 g/mol. The van der Waals surface area contributed by atoms with Crippen molar-refractivity contribution in [3.05, 3.63) is 71.3 Å². The zero-order chi connectivity index (χ0) is 16.7. The summed E-state index contributed by atoms with van der Waals surface area (Å²) in [4.78, 5) is 4.84. The van der Waals surface area contributed by atoms with E-state index in [9.17, 15) is 8.78 Å². The number of nitrogens with zero attached hydrogens (tertiary/aromatic N) is 2. The fourth-order valence-electron chi connectivity index (χ4n) is 4.53. The van der Waals surface area contributed by atoms with Gasteiger partial charge < -0.3 is 0 Å². The second-order valence-corrected chi connectivity index (χ2v) is 7.16. The molecule has 2 aliphatic rings. The maximum Gasteiger partial charge on any atom is 0.159 e. The first-order chi connectivity index (χ1) is 11.6. The van der Waals surface area contributed by atoms with Crippen molar-refractivity contribution in [2.75, 3.05) is 26.7 Å². The molecule has 0 saturated carbocycles. The molecule has 24 heavy (non-hydrogen) atoms. The van der Waals surface area contributed by atoms with Crippen LogP contribution in [0.25, 0.3) is 0 Å². The van der Waals surface area contributed by atoms with Crippen LogP contribution in [0.5, 0.6) is 0 Å². The third kappa shape index (κ3) is 2.85. The van der Waals surface area contributed by atoms with Gasteiger partial charge in [-0.2, -0.15) is 0 Å². The minimum atomic E-state index is -0.775. The standard InChI is InChI=1S/C20H22F2N2/c1-23-11-16-12-24(10-14-7-8-18(21)19(22)9-14)13-17(16)20(23)15-5-3-2-4-6-15/h2-9,16-17,20H,10-13H2,1H3/t16-,17+,20-/m0/s1. The first-order valence-electron chi connectivity index (χ1n) is 8.53. The summed E-state index contributed by atoms with van der Waals surface area (Å²) >= 11 is 0. The van der Waals surface area contributed by atoms with Crippen LogP contribution in [0.1, 0.15) is 17.2 Å². The summed E-state index contributed by atoms with van der Waals surface area (Å²) in [5, 5.41) is 0. The number of likely N-dealkylation sites (tertiary alicyclic amines) is 2. The third-order valence-electron chi connectivity index (χ3n) is 5.50. The smallest absolute Gasteiger partial charge is 0.159 e. The predicted molar refractivity (Wildman–Crippen MR) is 90.4 cm³/mol. The second-order valence-electron chi connectivity index (χ2n) is 7.16. The van der Waals surface area contributed by atoms with Gasteiger partial charge in [-0.15, -0.1) is 0 Å². The maximum atomic E-state index is 13.4. The Kier molecular flexibility index (Phi) is 4.10. The van der Waals surface area contributed by atoms with E-state index < -0.39 is 11.6 Å². The average molecular weight is 328 g/mol. The highest BCUT2D eigenvalue weighted by Gasteiger charge is 2.45. The summed E-state index contributed by atoms with van der Waals surface area (Å²) in [6.07, 6.45) is 0. The van der Waals surface area contributed by atoms with Gasteiger partial charge in [0.1, 0.15) is 0 Å². The van der Waals surface area contributed by atoms with Crippen LogP contribution in [-0.2, 0) is 6.54 Å². The van der Waals surface area contributed by atoms with Crippen LogP contribution in [0, 0.1) is 23.5 Å². The van der Waals surface area contributed by atoms with Gasteiger partial charge in [-0.1, -0.05) is 36.4 Å². The van der Waals surface area contributed by atoms with Gasteiger partial charge in [-0.3, -0.25) is 9.80 Å². The first-order valence-corrected chi connectivity index (χ1v) is 8.53. The van der Waals surface area contributed by atoms with Gasteiger partial charge in [0.25, 0.3) is 0 Å². The molecule has 2 fully saturated rings. The molecule has 0 N–H and O–H groups in total. The lowest BCUT2D eigenvalue weighted by Crippen LogP contribution is -2.28. The van der Waals surface area contributed by atoms with Crippen LogP contribution in [-0.4, -0.2) is 36.5 Å². The van der Waals surface area contributed by atoms with Gasteiger partial charge in [-0.05, 0) is 42.1 Å². The lowest BCUT2D eigenvalue weighted by atomic mass is 9.90. The third-order valence-corrected chi connectivity index (χ3v) is 5.50. The Morgan fingerprint density at radius 3 is 2.50 bits per heavy atom. The number of rotatable bonds is 3. The number of hydrogen-bond donors (Lipinski definition) is 0. The fourth-order valence-corrected chi connectivity index (χ4v) is 4.53. The summed E-state index contributed by atoms with van der Waals surface area (Å²) < 4.78 is 26.5. The van der Waals surface area contributed by atoms with Crippen LogP contribution in [0.4, 0.5) is 8.78 Å². The Balaban J connectivity index is 1.49. The Bertz CT molecular complexity index is 719. The Hall–Kier alpha value is -1.78. The van der Waals surface area contributed by atoms with Crippen molar-refractivity contribution in [2.45, 2.75) is 12.6 Å². The molecule has 4 heteroatoms. The zero-order valence-electron chi connectivity index (χ0n) is 13.8. The van der Waals surface area contributed by atoms with E-state index in [1.165, 1.54) is 17.7 Å². The number of fused-ring (bicyclic) bond motifs is 1. The maximum absolute atomic E-state index is 13.4. The lowest BCUT2D eigenvalue weighted by Gasteiger charge is -2.26. The largest absolute Gasteiger partial charge is 0.299 e. The molecule has 2 saturated heterocycles. The number of hydrogen-bond acceptors (Lipinski definition) is 2. The molecule has 0 amide bonds. The van der Waals surface area contributed by atoms with E-state index in [-0.39, 0.29) is 0 Å². The molecule has 2 aromatic rings. The Morgan fingerprint density at radius 2 is 1.75 bits per heavy atom. The zero-order valence-corrected chi connectivity index (χ0v) is 13.8. The van der Waals surface area contributed by atoms with Gasteiger partial charge in [0.15, 0.2) is 11.6 Å². The molecule has 0 bridgehead atoms. The molecule has 2 nitrogen and oxygen atoms in total. The summed E-state index contributed by atoms with van der Waals surface area (Å²) in [6.45, 7) is 3.82. The molecule has 3 atom stereocenters. The number of halogens is 2. The summed E-state index contributed by atoms with van der Waals surface area (Å²) in [5.41, 5.74) is 2.22. The molecule has 0 radical (unpaired) electrons. The van der Waals surface area contributed by atoms with Gasteiger partial charge >= 0.3 is 0 Å². The van der Waals surface area contributed by atoms with Crippen LogP contribution < -0.4 is 0 Å². The Labute approximate surface area is 141 Å². The van der Waals surface area contributed by atoms with Crippen LogP contribution >= 0.6 is 0 Å². The quantitative estimate of drug-likeness (QED) is 0.848. The van der Waals surface area contributed by atoms with Crippen LogP contribution in [0.2, 0.25) is 0 Å². The molecule has 4 rings (SSSR count). The highest BCUT2D eigenvalue weighted by Crippen LogP contribution is 2.44. The van der Waals surface area contributed by atoms with E-state index in [4.69, 9.17) is 0 Å². The molecule has 126 valence electrons. The lowest BCUT2D eigenvalue weighted by molar-refractivity contribution is 0.224. The minimum Gasteiger partial charge on any atom is -0.299 e. The normalized spacial score (nSPS) is 27.5. The summed E-state index contributed by atoms with van der Waals surface area (Å²) in [7, 11) is 2.20. The minimum absolute atomic E-state index is 0.450. The first kappa shape index (κ1) is 15.7. The fraction of sp³-hybridized carbons (Fsp3) is 0.400. The molecule has 2 aliphatic heterocycles. The Morgan fingerprint density at radius 1 is 0.958 bits per heavy atom. The predicted octanol–water partition coefficient (Wildman–Crippen LogP) is 3.70. The van der Waals surface area contributed by atoms with E-state index in [2.05, 4.69) is 47.2 Å². The van der Waals surface area contributed by atoms with Crippen molar-refractivity contribution in [3.63, 3.8) is 0 Å². The molecule has 0 aromatic heterocycles. The van der Waals surface area contributed by atoms with Crippen molar-refractivity contribution in [3.8, 4) is 0 Å². The van der Waals surface area contributed by atoms with Crippen molar-refractivity contribution >= 4 is 0 Å².